The topological polar surface area (TPSA) is 91.3 Å². The molecule has 0 atom stereocenters. The zero-order chi connectivity index (χ0) is 15.1. The number of carboxylic acid groups (broad SMARTS) is 1. The first-order chi connectivity index (χ1) is 10.1. The maximum atomic E-state index is 11.6. The normalized spacial score (nSPS) is 10.1. The Morgan fingerprint density at radius 3 is 2.86 bits per heavy atom. The monoisotopic (exact) mass is 305 g/mol. The van der Waals surface area contributed by atoms with Crippen molar-refractivity contribution in [3.8, 4) is 0 Å². The lowest BCUT2D eigenvalue weighted by atomic mass is 10.1. The number of aromatic nitrogens is 1. The summed E-state index contributed by atoms with van der Waals surface area (Å²) < 4.78 is 0. The van der Waals surface area contributed by atoms with E-state index in [4.69, 9.17) is 5.11 Å². The van der Waals surface area contributed by atoms with E-state index in [1.54, 1.807) is 29.9 Å². The van der Waals surface area contributed by atoms with E-state index >= 15 is 0 Å². The molecule has 0 fully saturated rings. The average Bonchev–Trinajstić information content (AvgIpc) is 2.99. The zero-order valence-corrected chi connectivity index (χ0v) is 12.0. The Morgan fingerprint density at radius 1 is 1.29 bits per heavy atom. The highest BCUT2D eigenvalue weighted by molar-refractivity contribution is 7.09. The number of amides is 2. The highest BCUT2D eigenvalue weighted by Crippen LogP contribution is 2.06. The summed E-state index contributed by atoms with van der Waals surface area (Å²) in [7, 11) is 0. The van der Waals surface area contributed by atoms with Gasteiger partial charge in [-0.25, -0.2) is 9.59 Å². The van der Waals surface area contributed by atoms with E-state index in [1.165, 1.54) is 11.3 Å². The van der Waals surface area contributed by atoms with Crippen LogP contribution in [0.25, 0.3) is 0 Å². The smallest absolute Gasteiger partial charge is 0.335 e. The van der Waals surface area contributed by atoms with Gasteiger partial charge in [-0.05, 0) is 24.1 Å². The van der Waals surface area contributed by atoms with Crippen molar-refractivity contribution in [3.05, 3.63) is 52.0 Å². The van der Waals surface area contributed by atoms with Crippen LogP contribution in [0.2, 0.25) is 0 Å². The minimum absolute atomic E-state index is 0.252. The SMILES string of the molecule is O=C(NCCc1cccc(C(=O)O)c1)NCc1cncs1. The van der Waals surface area contributed by atoms with Gasteiger partial charge in [0.2, 0.25) is 0 Å². The number of aromatic carboxylic acids is 1. The van der Waals surface area contributed by atoms with Crippen LogP contribution in [-0.4, -0.2) is 28.6 Å². The molecule has 1 aromatic heterocycles. The zero-order valence-electron chi connectivity index (χ0n) is 11.2. The van der Waals surface area contributed by atoms with E-state index in [9.17, 15) is 9.59 Å². The Bertz CT molecular complexity index is 614. The lowest BCUT2D eigenvalue weighted by molar-refractivity contribution is 0.0696. The van der Waals surface area contributed by atoms with E-state index < -0.39 is 5.97 Å². The molecule has 1 aromatic carbocycles. The molecule has 1 heterocycles. The van der Waals surface area contributed by atoms with E-state index in [0.29, 0.717) is 19.5 Å². The van der Waals surface area contributed by atoms with Gasteiger partial charge in [-0.1, -0.05) is 12.1 Å². The molecule has 2 aromatic rings. The molecular weight excluding hydrogens is 290 g/mol. The van der Waals surface area contributed by atoms with Crippen LogP contribution in [0, 0.1) is 0 Å². The second-order valence-corrected chi connectivity index (χ2v) is 5.30. The molecule has 0 aliphatic rings. The third-order valence-corrected chi connectivity index (χ3v) is 3.56. The van der Waals surface area contributed by atoms with Gasteiger partial charge in [0.1, 0.15) is 0 Å². The quantitative estimate of drug-likeness (QED) is 0.760. The number of benzene rings is 1. The Hall–Kier alpha value is -2.41. The molecule has 0 spiro atoms. The molecule has 0 saturated heterocycles. The summed E-state index contributed by atoms with van der Waals surface area (Å²) >= 11 is 1.48. The number of nitrogens with zero attached hydrogens (tertiary/aromatic N) is 1. The third kappa shape index (κ3) is 4.88. The van der Waals surface area contributed by atoms with E-state index in [1.807, 2.05) is 6.07 Å². The molecule has 0 radical (unpaired) electrons. The summed E-state index contributed by atoms with van der Waals surface area (Å²) in [5, 5.41) is 14.4. The van der Waals surface area contributed by atoms with Crippen molar-refractivity contribution in [2.24, 2.45) is 0 Å². The molecule has 2 rings (SSSR count). The third-order valence-electron chi connectivity index (χ3n) is 2.78. The first-order valence-electron chi connectivity index (χ1n) is 6.36. The van der Waals surface area contributed by atoms with Gasteiger partial charge in [-0.2, -0.15) is 0 Å². The second kappa shape index (κ2) is 7.39. The molecule has 3 N–H and O–H groups in total. The number of rotatable bonds is 6. The largest absolute Gasteiger partial charge is 0.478 e. The number of carbonyl (C=O) groups is 2. The van der Waals surface area contributed by atoms with Crippen molar-refractivity contribution in [2.75, 3.05) is 6.54 Å². The summed E-state index contributed by atoms with van der Waals surface area (Å²) in [6.07, 6.45) is 2.29. The van der Waals surface area contributed by atoms with Crippen molar-refractivity contribution >= 4 is 23.3 Å². The average molecular weight is 305 g/mol. The highest BCUT2D eigenvalue weighted by Gasteiger charge is 2.04. The minimum Gasteiger partial charge on any atom is -0.478 e. The van der Waals surface area contributed by atoms with Crippen LogP contribution in [0.3, 0.4) is 0 Å². The van der Waals surface area contributed by atoms with Crippen molar-refractivity contribution in [1.82, 2.24) is 15.6 Å². The van der Waals surface area contributed by atoms with Crippen molar-refractivity contribution < 1.29 is 14.7 Å². The van der Waals surface area contributed by atoms with Crippen LogP contribution >= 0.6 is 11.3 Å². The van der Waals surface area contributed by atoms with Crippen LogP contribution < -0.4 is 10.6 Å². The first-order valence-corrected chi connectivity index (χ1v) is 7.24. The predicted octanol–water partition coefficient (Wildman–Crippen LogP) is 1.88. The Labute approximate surface area is 125 Å². The van der Waals surface area contributed by atoms with Crippen LogP contribution in [0.15, 0.2) is 36.0 Å². The van der Waals surface area contributed by atoms with Gasteiger partial charge in [0, 0.05) is 17.6 Å². The highest BCUT2D eigenvalue weighted by atomic mass is 32.1. The Morgan fingerprint density at radius 2 is 2.14 bits per heavy atom. The van der Waals surface area contributed by atoms with Crippen LogP contribution in [0.4, 0.5) is 4.79 Å². The number of thiazole rings is 1. The van der Waals surface area contributed by atoms with Gasteiger partial charge in [0.15, 0.2) is 0 Å². The van der Waals surface area contributed by atoms with E-state index in [0.717, 1.165) is 10.4 Å². The predicted molar refractivity (Wildman–Crippen MR) is 79.5 cm³/mol. The maximum Gasteiger partial charge on any atom is 0.335 e. The fourth-order valence-electron chi connectivity index (χ4n) is 1.74. The van der Waals surface area contributed by atoms with Crippen molar-refractivity contribution in [2.45, 2.75) is 13.0 Å². The van der Waals surface area contributed by atoms with Crippen molar-refractivity contribution in [1.29, 1.82) is 0 Å². The molecular formula is C14H15N3O3S. The number of hydrogen-bond acceptors (Lipinski definition) is 4. The Balaban J connectivity index is 1.72. The van der Waals surface area contributed by atoms with Gasteiger partial charge in [0.25, 0.3) is 0 Å². The number of carbonyl (C=O) groups excluding carboxylic acids is 1. The van der Waals surface area contributed by atoms with Crippen LogP contribution in [0.5, 0.6) is 0 Å². The number of carboxylic acids is 1. The molecule has 7 heteroatoms. The van der Waals surface area contributed by atoms with Gasteiger partial charge < -0.3 is 15.7 Å². The molecule has 0 aliphatic carbocycles. The van der Waals surface area contributed by atoms with Gasteiger partial charge >= 0.3 is 12.0 Å². The summed E-state index contributed by atoms with van der Waals surface area (Å²) in [4.78, 5) is 27.3. The number of urea groups is 1. The molecule has 0 bridgehead atoms. The summed E-state index contributed by atoms with van der Waals surface area (Å²) in [6.45, 7) is 0.891. The molecule has 0 aliphatic heterocycles. The second-order valence-electron chi connectivity index (χ2n) is 4.33. The summed E-state index contributed by atoms with van der Waals surface area (Å²) in [5.41, 5.74) is 2.84. The molecule has 2 amide bonds. The first kappa shape index (κ1) is 15.0. The lowest BCUT2D eigenvalue weighted by Gasteiger charge is -2.07. The maximum absolute atomic E-state index is 11.6. The van der Waals surface area contributed by atoms with E-state index in [2.05, 4.69) is 15.6 Å². The number of hydrogen-bond donors (Lipinski definition) is 3. The number of nitrogens with one attached hydrogen (secondary N) is 2. The minimum atomic E-state index is -0.952. The molecule has 0 saturated carbocycles. The van der Waals surface area contributed by atoms with Crippen LogP contribution in [-0.2, 0) is 13.0 Å². The Kier molecular flexibility index (Phi) is 5.28. The molecule has 6 nitrogen and oxygen atoms in total. The summed E-state index contributed by atoms with van der Waals surface area (Å²) in [6, 6.07) is 6.43. The summed E-state index contributed by atoms with van der Waals surface area (Å²) in [5.74, 6) is -0.952. The molecule has 21 heavy (non-hydrogen) atoms. The molecule has 0 unspecified atom stereocenters. The fourth-order valence-corrected chi connectivity index (χ4v) is 2.27. The van der Waals surface area contributed by atoms with Gasteiger partial charge in [0.05, 0.1) is 17.6 Å². The van der Waals surface area contributed by atoms with E-state index in [-0.39, 0.29) is 11.6 Å². The standard InChI is InChI=1S/C14H15N3O3S/c18-13(19)11-3-1-2-10(6-11)4-5-16-14(20)17-8-12-7-15-9-21-12/h1-3,6-7,9H,4-5,8H2,(H,18,19)(H2,16,17,20). The van der Waals surface area contributed by atoms with Crippen LogP contribution in [0.1, 0.15) is 20.8 Å². The van der Waals surface area contributed by atoms with Gasteiger partial charge in [-0.15, -0.1) is 11.3 Å². The molecule has 110 valence electrons. The fraction of sp³-hybridized carbons (Fsp3) is 0.214. The van der Waals surface area contributed by atoms with Crippen molar-refractivity contribution in [3.63, 3.8) is 0 Å². The lowest BCUT2D eigenvalue weighted by Crippen LogP contribution is -2.36. The van der Waals surface area contributed by atoms with Gasteiger partial charge in [-0.3, -0.25) is 4.98 Å².